The quantitative estimate of drug-likeness (QED) is 0.575. The Labute approximate surface area is 175 Å². The summed E-state index contributed by atoms with van der Waals surface area (Å²) in [4.78, 5) is 43.6. The summed E-state index contributed by atoms with van der Waals surface area (Å²) >= 11 is 0. The molecule has 0 radical (unpaired) electrons. The van der Waals surface area contributed by atoms with E-state index in [4.69, 9.17) is 0 Å². The zero-order chi connectivity index (χ0) is 20.6. The second kappa shape index (κ2) is 5.91. The molecule has 3 heterocycles. The predicted octanol–water partition coefficient (Wildman–Crippen LogP) is 3.51. The third-order valence-corrected chi connectivity index (χ3v) is 7.63. The zero-order valence-electron chi connectivity index (χ0n) is 16.7. The summed E-state index contributed by atoms with van der Waals surface area (Å²) < 4.78 is 0. The highest BCUT2D eigenvalue weighted by Crippen LogP contribution is 2.60. The lowest BCUT2D eigenvalue weighted by molar-refractivity contribution is -0.123. The van der Waals surface area contributed by atoms with Gasteiger partial charge in [0.25, 0.3) is 5.91 Å². The molecular formula is C25H22N2O3. The van der Waals surface area contributed by atoms with Crippen LogP contribution in [0.3, 0.4) is 0 Å². The normalized spacial score (nSPS) is 31.4. The van der Waals surface area contributed by atoms with Crippen LogP contribution in [0.25, 0.3) is 0 Å². The maximum Gasteiger partial charge on any atom is 0.255 e. The van der Waals surface area contributed by atoms with Crippen LogP contribution >= 0.6 is 0 Å². The molecule has 5 nitrogen and oxygen atoms in total. The Morgan fingerprint density at radius 1 is 0.967 bits per heavy atom. The number of rotatable bonds is 2. The highest BCUT2D eigenvalue weighted by molar-refractivity contribution is 6.22. The van der Waals surface area contributed by atoms with Crippen LogP contribution in [-0.4, -0.2) is 29.2 Å². The van der Waals surface area contributed by atoms with E-state index in [9.17, 15) is 14.4 Å². The van der Waals surface area contributed by atoms with Gasteiger partial charge in [0.1, 0.15) is 0 Å². The lowest BCUT2D eigenvalue weighted by atomic mass is 9.64. The van der Waals surface area contributed by atoms with Crippen molar-refractivity contribution in [1.82, 2.24) is 4.90 Å². The summed E-state index contributed by atoms with van der Waals surface area (Å²) in [6, 6.07) is 17.0. The van der Waals surface area contributed by atoms with Crippen molar-refractivity contribution in [2.24, 2.45) is 17.8 Å². The fourth-order valence-corrected chi connectivity index (χ4v) is 6.46. The van der Waals surface area contributed by atoms with Crippen molar-refractivity contribution in [1.29, 1.82) is 0 Å². The van der Waals surface area contributed by atoms with E-state index < -0.39 is 11.5 Å². The van der Waals surface area contributed by atoms with Gasteiger partial charge in [-0.1, -0.05) is 49.4 Å². The van der Waals surface area contributed by atoms with Crippen molar-refractivity contribution < 1.29 is 14.4 Å². The minimum Gasteiger partial charge on any atom is -0.324 e. The van der Waals surface area contributed by atoms with Crippen molar-refractivity contribution in [3.05, 3.63) is 77.4 Å². The third-order valence-electron chi connectivity index (χ3n) is 7.63. The van der Waals surface area contributed by atoms with Gasteiger partial charge in [-0.25, -0.2) is 0 Å². The van der Waals surface area contributed by atoms with Crippen LogP contribution in [0.2, 0.25) is 0 Å². The zero-order valence-corrected chi connectivity index (χ0v) is 16.7. The molecule has 2 saturated heterocycles. The maximum atomic E-state index is 13.7. The van der Waals surface area contributed by atoms with Crippen LogP contribution in [0.4, 0.5) is 5.69 Å². The molecule has 0 saturated carbocycles. The van der Waals surface area contributed by atoms with E-state index in [1.807, 2.05) is 59.5 Å². The molecule has 4 aliphatic rings. The first-order valence-electron chi connectivity index (χ1n) is 10.6. The highest BCUT2D eigenvalue weighted by Gasteiger charge is 2.66. The minimum absolute atomic E-state index is 0.0380. The van der Waals surface area contributed by atoms with Crippen LogP contribution in [0, 0.1) is 17.8 Å². The van der Waals surface area contributed by atoms with Gasteiger partial charge in [-0.3, -0.25) is 19.3 Å². The number of hydrogen-bond acceptors (Lipinski definition) is 3. The molecule has 4 atom stereocenters. The topological polar surface area (TPSA) is 57.7 Å². The van der Waals surface area contributed by atoms with E-state index in [1.165, 1.54) is 4.90 Å². The summed E-state index contributed by atoms with van der Waals surface area (Å²) in [5.41, 5.74) is 2.96. The Morgan fingerprint density at radius 3 is 2.47 bits per heavy atom. The molecule has 0 aromatic heterocycles. The number of carbonyl (C=O) groups is 3. The molecule has 30 heavy (non-hydrogen) atoms. The highest BCUT2D eigenvalue weighted by atomic mass is 16.2. The summed E-state index contributed by atoms with van der Waals surface area (Å²) in [7, 11) is 0. The lowest BCUT2D eigenvalue weighted by Gasteiger charge is -2.41. The number of fused-ring (bicyclic) bond motifs is 7. The van der Waals surface area contributed by atoms with Gasteiger partial charge >= 0.3 is 0 Å². The van der Waals surface area contributed by atoms with E-state index in [1.54, 1.807) is 0 Å². The molecule has 1 aliphatic carbocycles. The van der Waals surface area contributed by atoms with Crippen LogP contribution in [0.1, 0.15) is 35.7 Å². The van der Waals surface area contributed by atoms with E-state index in [0.29, 0.717) is 25.1 Å². The van der Waals surface area contributed by atoms with Gasteiger partial charge in [0.2, 0.25) is 11.8 Å². The van der Waals surface area contributed by atoms with Gasteiger partial charge in [0.15, 0.2) is 0 Å². The summed E-state index contributed by atoms with van der Waals surface area (Å²) in [5, 5.41) is 0. The Bertz CT molecular complexity index is 1140. The van der Waals surface area contributed by atoms with Crippen LogP contribution in [0.15, 0.2) is 66.2 Å². The molecule has 0 N–H and O–H groups in total. The number of benzene rings is 2. The van der Waals surface area contributed by atoms with Gasteiger partial charge < -0.3 is 4.90 Å². The third kappa shape index (κ3) is 1.91. The fourth-order valence-electron chi connectivity index (χ4n) is 6.46. The molecule has 6 rings (SSSR count). The van der Waals surface area contributed by atoms with E-state index in [0.717, 1.165) is 16.7 Å². The Kier molecular flexibility index (Phi) is 3.47. The largest absolute Gasteiger partial charge is 0.324 e. The SMILES string of the molecule is CCC12c3ccccc3C(=O)N1CC1=CC[C@H]3C(=O)N(c4ccccc4)C(=O)[C@H]3[C@H]12. The van der Waals surface area contributed by atoms with Crippen molar-refractivity contribution >= 4 is 23.4 Å². The number of anilines is 1. The number of hydrogen-bond donors (Lipinski definition) is 0. The van der Waals surface area contributed by atoms with Crippen molar-refractivity contribution in [3.8, 4) is 0 Å². The molecule has 1 unspecified atom stereocenters. The number of amides is 3. The summed E-state index contributed by atoms with van der Waals surface area (Å²) in [6.45, 7) is 2.63. The summed E-state index contributed by atoms with van der Waals surface area (Å²) in [6.07, 6.45) is 3.40. The summed E-state index contributed by atoms with van der Waals surface area (Å²) in [5.74, 6) is -1.15. The fraction of sp³-hybridized carbons (Fsp3) is 0.320. The average Bonchev–Trinajstić information content (AvgIpc) is 3.34. The molecule has 5 heteroatoms. The molecule has 2 aromatic carbocycles. The van der Waals surface area contributed by atoms with Gasteiger partial charge in [0.05, 0.1) is 23.1 Å². The van der Waals surface area contributed by atoms with Crippen molar-refractivity contribution in [2.75, 3.05) is 11.4 Å². The average molecular weight is 398 g/mol. The van der Waals surface area contributed by atoms with E-state index in [2.05, 4.69) is 13.0 Å². The second-order valence-corrected chi connectivity index (χ2v) is 8.69. The van der Waals surface area contributed by atoms with Gasteiger partial charge in [-0.2, -0.15) is 0 Å². The number of imide groups is 1. The molecular weight excluding hydrogens is 376 g/mol. The predicted molar refractivity (Wildman–Crippen MR) is 112 cm³/mol. The first kappa shape index (κ1) is 17.6. The molecule has 2 aromatic rings. The Hall–Kier alpha value is -3.21. The van der Waals surface area contributed by atoms with Crippen molar-refractivity contribution in [2.45, 2.75) is 25.3 Å². The van der Waals surface area contributed by atoms with E-state index >= 15 is 0 Å². The Balaban J connectivity index is 1.52. The number of nitrogens with zero attached hydrogens (tertiary/aromatic N) is 2. The van der Waals surface area contributed by atoms with Crippen LogP contribution in [0.5, 0.6) is 0 Å². The first-order chi connectivity index (χ1) is 14.6. The molecule has 0 bridgehead atoms. The molecule has 2 fully saturated rings. The monoisotopic (exact) mass is 398 g/mol. The standard InChI is InChI=1S/C25H22N2O3/c1-2-25-19-11-7-6-10-17(19)22(28)26(25)14-15-12-13-18-20(21(15)25)24(30)27(23(18)29)16-8-4-3-5-9-16/h3-12,18,20-21H,2,13-14H2,1H3/t18-,20-,21+,25?/m1/s1. The van der Waals surface area contributed by atoms with Crippen LogP contribution < -0.4 is 4.90 Å². The molecule has 3 amide bonds. The number of allylic oxidation sites excluding steroid dienone is 1. The first-order valence-corrected chi connectivity index (χ1v) is 10.6. The van der Waals surface area contributed by atoms with E-state index in [-0.39, 0.29) is 29.6 Å². The van der Waals surface area contributed by atoms with Gasteiger partial charge in [0, 0.05) is 18.0 Å². The van der Waals surface area contributed by atoms with Gasteiger partial charge in [-0.15, -0.1) is 0 Å². The maximum absolute atomic E-state index is 13.7. The lowest BCUT2D eigenvalue weighted by Crippen LogP contribution is -2.47. The number of para-hydroxylation sites is 1. The number of carbonyl (C=O) groups excluding carboxylic acids is 3. The molecule has 3 aliphatic heterocycles. The second-order valence-electron chi connectivity index (χ2n) is 8.69. The molecule has 0 spiro atoms. The Morgan fingerprint density at radius 2 is 1.70 bits per heavy atom. The van der Waals surface area contributed by atoms with Gasteiger partial charge in [-0.05, 0) is 42.2 Å². The molecule has 150 valence electrons. The minimum atomic E-state index is -0.550. The van der Waals surface area contributed by atoms with Crippen LogP contribution in [-0.2, 0) is 15.1 Å². The van der Waals surface area contributed by atoms with Crippen molar-refractivity contribution in [3.63, 3.8) is 0 Å². The smallest absolute Gasteiger partial charge is 0.255 e.